The number of nitrogens with one attached hydrogen (secondary N) is 1. The van der Waals surface area contributed by atoms with Gasteiger partial charge in [-0.2, -0.15) is 0 Å². The first-order chi connectivity index (χ1) is 15.6. The molecule has 0 unspecified atom stereocenters. The quantitative estimate of drug-likeness (QED) is 0.715. The number of ether oxygens (including phenoxy) is 2. The van der Waals surface area contributed by atoms with Crippen molar-refractivity contribution in [2.75, 3.05) is 52.5 Å². The monoisotopic (exact) mass is 447 g/mol. The van der Waals surface area contributed by atoms with Gasteiger partial charge in [0.1, 0.15) is 0 Å². The number of hydrogen-bond acceptors (Lipinski definition) is 6. The van der Waals surface area contributed by atoms with Crippen LogP contribution in [0.4, 0.5) is 0 Å². The topological polar surface area (TPSA) is 91.3 Å². The second kappa shape index (κ2) is 12.6. The molecular weight excluding hydrogens is 410 g/mol. The average Bonchev–Trinajstić information content (AvgIpc) is 2.81. The number of amides is 2. The van der Waals surface area contributed by atoms with Crippen LogP contribution < -0.4 is 14.8 Å². The van der Waals surface area contributed by atoms with E-state index in [1.54, 1.807) is 0 Å². The van der Waals surface area contributed by atoms with Crippen molar-refractivity contribution in [2.24, 2.45) is 5.92 Å². The van der Waals surface area contributed by atoms with Gasteiger partial charge >= 0.3 is 0 Å². The Morgan fingerprint density at radius 2 is 2.03 bits per heavy atom. The molecule has 0 radical (unpaired) electrons. The number of carbonyl (C=O) groups excluding carboxylic acids is 2. The van der Waals surface area contributed by atoms with E-state index in [9.17, 15) is 14.7 Å². The largest absolute Gasteiger partial charge is 0.490 e. The standard InChI is InChI=1S/C24H37N3O5/c1-2-31-21-8-6-7-20-15-26(17-23(30)27-12-9-19(18-28)10-13-27)16-22(29)25-11-4-3-5-14-32-24(20)21/h6-8,19,28H,2-5,9-18H2,1H3,(H,25,29). The number of hydrogen-bond donors (Lipinski definition) is 2. The predicted molar refractivity (Wildman–Crippen MR) is 122 cm³/mol. The number of benzene rings is 1. The van der Waals surface area contributed by atoms with Crippen LogP contribution in [0, 0.1) is 5.92 Å². The Bertz CT molecular complexity index is 749. The van der Waals surface area contributed by atoms with E-state index in [1.165, 1.54) is 0 Å². The third-order valence-corrected chi connectivity index (χ3v) is 6.10. The maximum Gasteiger partial charge on any atom is 0.236 e. The number of fused-ring (bicyclic) bond motifs is 1. The van der Waals surface area contributed by atoms with Crippen molar-refractivity contribution in [2.45, 2.75) is 45.6 Å². The summed E-state index contributed by atoms with van der Waals surface area (Å²) in [7, 11) is 0. The van der Waals surface area contributed by atoms with Crippen LogP contribution in [-0.4, -0.2) is 79.3 Å². The van der Waals surface area contributed by atoms with E-state index in [-0.39, 0.29) is 37.4 Å². The van der Waals surface area contributed by atoms with Crippen LogP contribution in [0.1, 0.15) is 44.6 Å². The number of nitrogens with zero attached hydrogens (tertiary/aromatic N) is 2. The Morgan fingerprint density at radius 3 is 2.78 bits per heavy atom. The smallest absolute Gasteiger partial charge is 0.236 e. The zero-order valence-electron chi connectivity index (χ0n) is 19.2. The van der Waals surface area contributed by atoms with Gasteiger partial charge in [0.25, 0.3) is 0 Å². The second-order valence-corrected chi connectivity index (χ2v) is 8.59. The van der Waals surface area contributed by atoms with E-state index in [2.05, 4.69) is 5.32 Å². The summed E-state index contributed by atoms with van der Waals surface area (Å²) in [6.07, 6.45) is 4.40. The van der Waals surface area contributed by atoms with E-state index in [1.807, 2.05) is 34.9 Å². The average molecular weight is 448 g/mol. The molecule has 0 spiro atoms. The highest BCUT2D eigenvalue weighted by Gasteiger charge is 2.25. The number of likely N-dealkylation sites (tertiary alicyclic amines) is 1. The van der Waals surface area contributed by atoms with Gasteiger partial charge in [-0.25, -0.2) is 0 Å². The number of carbonyl (C=O) groups is 2. The van der Waals surface area contributed by atoms with E-state index in [4.69, 9.17) is 9.47 Å². The SMILES string of the molecule is CCOc1cccc2c1OCCCCCNC(=O)CN(CC(=O)N1CCC(CO)CC1)C2. The first-order valence-corrected chi connectivity index (χ1v) is 11.9. The van der Waals surface area contributed by atoms with Gasteiger partial charge < -0.3 is 24.8 Å². The molecule has 1 aromatic carbocycles. The molecule has 2 amide bonds. The van der Waals surface area contributed by atoms with Crippen LogP contribution in [0.5, 0.6) is 11.5 Å². The molecular formula is C24H37N3O5. The molecule has 8 nitrogen and oxygen atoms in total. The Balaban J connectivity index is 1.77. The normalized spacial score (nSPS) is 19.6. The van der Waals surface area contributed by atoms with Gasteiger partial charge in [-0.1, -0.05) is 12.1 Å². The summed E-state index contributed by atoms with van der Waals surface area (Å²) < 4.78 is 11.9. The van der Waals surface area contributed by atoms with Gasteiger partial charge in [0, 0.05) is 38.3 Å². The molecule has 1 saturated heterocycles. The summed E-state index contributed by atoms with van der Waals surface area (Å²) in [5, 5.41) is 12.3. The highest BCUT2D eigenvalue weighted by atomic mass is 16.5. The highest BCUT2D eigenvalue weighted by molar-refractivity contribution is 5.81. The predicted octanol–water partition coefficient (Wildman–Crippen LogP) is 1.80. The molecule has 0 saturated carbocycles. The molecule has 8 heteroatoms. The zero-order valence-corrected chi connectivity index (χ0v) is 19.2. The molecule has 1 fully saturated rings. The highest BCUT2D eigenvalue weighted by Crippen LogP contribution is 2.32. The number of para-hydroxylation sites is 1. The van der Waals surface area contributed by atoms with Crippen molar-refractivity contribution in [3.05, 3.63) is 23.8 Å². The van der Waals surface area contributed by atoms with E-state index in [0.29, 0.717) is 50.9 Å². The van der Waals surface area contributed by atoms with Gasteiger partial charge in [0.15, 0.2) is 11.5 Å². The fourth-order valence-corrected chi connectivity index (χ4v) is 4.25. The Morgan fingerprint density at radius 1 is 1.22 bits per heavy atom. The van der Waals surface area contributed by atoms with Crippen molar-refractivity contribution >= 4 is 11.8 Å². The summed E-state index contributed by atoms with van der Waals surface area (Å²) in [6.45, 7) is 5.90. The van der Waals surface area contributed by atoms with Crippen LogP contribution in [0.25, 0.3) is 0 Å². The number of aliphatic hydroxyl groups is 1. The minimum Gasteiger partial charge on any atom is -0.490 e. The van der Waals surface area contributed by atoms with Gasteiger partial charge in [-0.15, -0.1) is 0 Å². The summed E-state index contributed by atoms with van der Waals surface area (Å²) >= 11 is 0. The Hall–Kier alpha value is -2.32. The lowest BCUT2D eigenvalue weighted by atomic mass is 9.98. The van der Waals surface area contributed by atoms with Gasteiger partial charge in [0.05, 0.1) is 26.3 Å². The van der Waals surface area contributed by atoms with E-state index in [0.717, 1.165) is 37.7 Å². The van der Waals surface area contributed by atoms with Crippen molar-refractivity contribution in [1.29, 1.82) is 0 Å². The number of rotatable bonds is 5. The zero-order chi connectivity index (χ0) is 22.8. The van der Waals surface area contributed by atoms with E-state index >= 15 is 0 Å². The lowest BCUT2D eigenvalue weighted by Gasteiger charge is -2.33. The summed E-state index contributed by atoms with van der Waals surface area (Å²) in [5.74, 6) is 1.62. The minimum atomic E-state index is -0.0699. The molecule has 0 atom stereocenters. The van der Waals surface area contributed by atoms with Gasteiger partial charge in [-0.05, 0) is 51.0 Å². The molecule has 2 aliphatic heterocycles. The molecule has 32 heavy (non-hydrogen) atoms. The second-order valence-electron chi connectivity index (χ2n) is 8.59. The van der Waals surface area contributed by atoms with E-state index < -0.39 is 0 Å². The van der Waals surface area contributed by atoms with Crippen LogP contribution in [-0.2, 0) is 16.1 Å². The summed E-state index contributed by atoms with van der Waals surface area (Å²) in [4.78, 5) is 29.3. The first kappa shape index (κ1) is 24.3. The number of aliphatic hydroxyl groups excluding tert-OH is 1. The van der Waals surface area contributed by atoms with Gasteiger partial charge in [-0.3, -0.25) is 14.5 Å². The third kappa shape index (κ3) is 7.10. The van der Waals surface area contributed by atoms with Crippen LogP contribution >= 0.6 is 0 Å². The van der Waals surface area contributed by atoms with Crippen molar-refractivity contribution in [3.63, 3.8) is 0 Å². The molecule has 0 aliphatic carbocycles. The Labute approximate surface area is 190 Å². The summed E-state index contributed by atoms with van der Waals surface area (Å²) in [5.41, 5.74) is 0.912. The van der Waals surface area contributed by atoms with Crippen LogP contribution in [0.15, 0.2) is 18.2 Å². The third-order valence-electron chi connectivity index (χ3n) is 6.10. The molecule has 1 aromatic rings. The molecule has 0 bridgehead atoms. The molecule has 2 N–H and O–H groups in total. The molecule has 3 rings (SSSR count). The molecule has 178 valence electrons. The summed E-state index contributed by atoms with van der Waals surface area (Å²) in [6, 6.07) is 5.79. The number of piperidine rings is 1. The van der Waals surface area contributed by atoms with Crippen molar-refractivity contribution in [3.8, 4) is 11.5 Å². The van der Waals surface area contributed by atoms with Crippen LogP contribution in [0.3, 0.4) is 0 Å². The fraction of sp³-hybridized carbons (Fsp3) is 0.667. The first-order valence-electron chi connectivity index (χ1n) is 11.9. The van der Waals surface area contributed by atoms with Crippen molar-refractivity contribution in [1.82, 2.24) is 15.1 Å². The fourth-order valence-electron chi connectivity index (χ4n) is 4.25. The minimum absolute atomic E-state index is 0.0157. The lowest BCUT2D eigenvalue weighted by molar-refractivity contribution is -0.134. The molecule has 0 aromatic heterocycles. The van der Waals surface area contributed by atoms with Crippen molar-refractivity contribution < 1.29 is 24.2 Å². The molecule has 2 heterocycles. The maximum absolute atomic E-state index is 13.0. The van der Waals surface area contributed by atoms with Crippen LogP contribution in [0.2, 0.25) is 0 Å². The Kier molecular flexibility index (Phi) is 9.62. The maximum atomic E-state index is 13.0. The lowest BCUT2D eigenvalue weighted by Crippen LogP contribution is -2.46. The molecule has 2 aliphatic rings. The van der Waals surface area contributed by atoms with Gasteiger partial charge in [0.2, 0.25) is 11.8 Å².